The highest BCUT2D eigenvalue weighted by molar-refractivity contribution is 5.81. The molecule has 0 aliphatic carbocycles. The van der Waals surface area contributed by atoms with Crippen LogP contribution in [0.4, 0.5) is 0 Å². The van der Waals surface area contributed by atoms with E-state index in [1.807, 2.05) is 37.3 Å². The molecule has 1 rings (SSSR count). The van der Waals surface area contributed by atoms with Gasteiger partial charge in [-0.15, -0.1) is 0 Å². The molecule has 88 valence electrons. The van der Waals surface area contributed by atoms with Gasteiger partial charge in [-0.3, -0.25) is 4.79 Å². The van der Waals surface area contributed by atoms with Crippen molar-refractivity contribution in [2.24, 2.45) is 5.73 Å². The van der Waals surface area contributed by atoms with Crippen molar-refractivity contribution >= 4 is 5.91 Å². The van der Waals surface area contributed by atoms with Crippen LogP contribution in [0.2, 0.25) is 0 Å². The van der Waals surface area contributed by atoms with Gasteiger partial charge in [-0.05, 0) is 18.9 Å². The van der Waals surface area contributed by atoms with Gasteiger partial charge in [0.2, 0.25) is 5.91 Å². The number of hydrogen-bond donors (Lipinski definition) is 3. The van der Waals surface area contributed by atoms with Gasteiger partial charge in [-0.1, -0.05) is 30.3 Å². The van der Waals surface area contributed by atoms with Crippen LogP contribution >= 0.6 is 0 Å². The van der Waals surface area contributed by atoms with Crippen LogP contribution in [0.1, 0.15) is 12.5 Å². The molecule has 0 radical (unpaired) electrons. The number of nitrogens with one attached hydrogen (secondary N) is 1. The summed E-state index contributed by atoms with van der Waals surface area (Å²) in [4.78, 5) is 11.4. The number of nitrogens with two attached hydrogens (primary N) is 1. The van der Waals surface area contributed by atoms with E-state index >= 15 is 0 Å². The number of aliphatic hydroxyl groups is 1. The average Bonchev–Trinajstić information content (AvgIpc) is 2.29. The van der Waals surface area contributed by atoms with Gasteiger partial charge in [0.05, 0.1) is 6.61 Å². The summed E-state index contributed by atoms with van der Waals surface area (Å²) in [5, 5.41) is 11.5. The lowest BCUT2D eigenvalue weighted by Gasteiger charge is -2.16. The van der Waals surface area contributed by atoms with Crippen molar-refractivity contribution in [2.75, 3.05) is 6.61 Å². The van der Waals surface area contributed by atoms with Gasteiger partial charge in [-0.2, -0.15) is 0 Å². The Bertz CT molecular complexity index is 327. The second-order valence-electron chi connectivity index (χ2n) is 3.89. The summed E-state index contributed by atoms with van der Waals surface area (Å²) in [5.41, 5.74) is 6.56. The van der Waals surface area contributed by atoms with E-state index in [0.717, 1.165) is 12.0 Å². The third-order valence-electron chi connectivity index (χ3n) is 2.31. The molecule has 2 atom stereocenters. The Hall–Kier alpha value is -1.39. The molecule has 16 heavy (non-hydrogen) atoms. The van der Waals surface area contributed by atoms with Crippen LogP contribution in [0.5, 0.6) is 0 Å². The highest BCUT2D eigenvalue weighted by Crippen LogP contribution is 2.02. The van der Waals surface area contributed by atoms with Crippen molar-refractivity contribution in [3.8, 4) is 0 Å². The smallest absolute Gasteiger partial charge is 0.239 e. The van der Waals surface area contributed by atoms with Crippen LogP contribution in [0.3, 0.4) is 0 Å². The van der Waals surface area contributed by atoms with Crippen LogP contribution < -0.4 is 11.1 Å². The fourth-order valence-electron chi connectivity index (χ4n) is 1.45. The zero-order chi connectivity index (χ0) is 12.0. The summed E-state index contributed by atoms with van der Waals surface area (Å²) in [6.07, 6.45) is 0.755. The molecule has 4 nitrogen and oxygen atoms in total. The number of benzene rings is 1. The van der Waals surface area contributed by atoms with E-state index in [2.05, 4.69) is 5.32 Å². The molecule has 4 heteroatoms. The minimum Gasteiger partial charge on any atom is -0.394 e. The predicted molar refractivity (Wildman–Crippen MR) is 62.8 cm³/mol. The molecule has 0 saturated carbocycles. The first-order chi connectivity index (χ1) is 7.63. The molecule has 0 aliphatic rings. The molecule has 0 aromatic heterocycles. The maximum absolute atomic E-state index is 11.4. The first kappa shape index (κ1) is 12.7. The van der Waals surface area contributed by atoms with Crippen molar-refractivity contribution in [3.05, 3.63) is 35.9 Å². The lowest BCUT2D eigenvalue weighted by atomic mass is 10.1. The molecular weight excluding hydrogens is 204 g/mol. The van der Waals surface area contributed by atoms with Gasteiger partial charge in [0, 0.05) is 6.04 Å². The van der Waals surface area contributed by atoms with Gasteiger partial charge < -0.3 is 16.2 Å². The molecule has 0 heterocycles. The topological polar surface area (TPSA) is 75.4 Å². The molecule has 0 bridgehead atoms. The monoisotopic (exact) mass is 222 g/mol. The molecule has 1 aromatic rings. The Morgan fingerprint density at radius 3 is 2.62 bits per heavy atom. The van der Waals surface area contributed by atoms with Gasteiger partial charge >= 0.3 is 0 Å². The normalized spacial score (nSPS) is 14.2. The van der Waals surface area contributed by atoms with E-state index in [-0.39, 0.29) is 18.6 Å². The highest BCUT2D eigenvalue weighted by atomic mass is 16.3. The number of rotatable bonds is 5. The van der Waals surface area contributed by atoms with E-state index in [1.165, 1.54) is 0 Å². The molecule has 0 fully saturated rings. The molecule has 0 aliphatic heterocycles. The predicted octanol–water partition coefficient (Wildman–Crippen LogP) is 0.0534. The van der Waals surface area contributed by atoms with Gasteiger partial charge in [0.15, 0.2) is 0 Å². The Balaban J connectivity index is 2.42. The summed E-state index contributed by atoms with van der Waals surface area (Å²) in [5.74, 6) is -0.314. The Morgan fingerprint density at radius 1 is 1.44 bits per heavy atom. The molecule has 1 aromatic carbocycles. The Morgan fingerprint density at radius 2 is 2.06 bits per heavy atom. The molecule has 0 unspecified atom stereocenters. The largest absolute Gasteiger partial charge is 0.394 e. The lowest BCUT2D eigenvalue weighted by Crippen LogP contribution is -2.46. The van der Waals surface area contributed by atoms with Crippen molar-refractivity contribution in [1.82, 2.24) is 5.32 Å². The first-order valence-electron chi connectivity index (χ1n) is 5.34. The van der Waals surface area contributed by atoms with Crippen LogP contribution in [-0.4, -0.2) is 29.7 Å². The summed E-state index contributed by atoms with van der Waals surface area (Å²) >= 11 is 0. The Labute approximate surface area is 95.5 Å². The van der Waals surface area contributed by atoms with Crippen LogP contribution in [0.15, 0.2) is 30.3 Å². The van der Waals surface area contributed by atoms with Crippen molar-refractivity contribution in [3.63, 3.8) is 0 Å². The molecule has 0 saturated heterocycles. The van der Waals surface area contributed by atoms with Gasteiger partial charge in [0.25, 0.3) is 0 Å². The summed E-state index contributed by atoms with van der Waals surface area (Å²) in [7, 11) is 0. The number of hydrogen-bond acceptors (Lipinski definition) is 3. The minimum absolute atomic E-state index is 0.00694. The third-order valence-corrected chi connectivity index (χ3v) is 2.31. The van der Waals surface area contributed by atoms with Crippen LogP contribution in [0, 0.1) is 0 Å². The van der Waals surface area contributed by atoms with E-state index in [0.29, 0.717) is 0 Å². The zero-order valence-corrected chi connectivity index (χ0v) is 9.39. The van der Waals surface area contributed by atoms with Gasteiger partial charge in [-0.25, -0.2) is 0 Å². The molecule has 0 spiro atoms. The van der Waals surface area contributed by atoms with E-state index < -0.39 is 6.04 Å². The van der Waals surface area contributed by atoms with Crippen molar-refractivity contribution in [1.29, 1.82) is 0 Å². The molecule has 1 amide bonds. The second kappa shape index (κ2) is 6.25. The zero-order valence-electron chi connectivity index (χ0n) is 9.39. The van der Waals surface area contributed by atoms with Crippen LogP contribution in [-0.2, 0) is 11.2 Å². The maximum Gasteiger partial charge on any atom is 0.239 e. The second-order valence-corrected chi connectivity index (χ2v) is 3.89. The van der Waals surface area contributed by atoms with Crippen molar-refractivity contribution in [2.45, 2.75) is 25.4 Å². The van der Waals surface area contributed by atoms with Crippen LogP contribution in [0.25, 0.3) is 0 Å². The fourth-order valence-corrected chi connectivity index (χ4v) is 1.45. The standard InChI is InChI=1S/C12H18N2O2/c1-9(14-12(16)11(13)8-15)7-10-5-3-2-4-6-10/h2-6,9,11,15H,7-8,13H2,1H3,(H,14,16)/t9-,11-/m0/s1. The number of aliphatic hydroxyl groups excluding tert-OH is 1. The average molecular weight is 222 g/mol. The summed E-state index contributed by atoms with van der Waals surface area (Å²) in [6.45, 7) is 1.58. The number of amides is 1. The fraction of sp³-hybridized carbons (Fsp3) is 0.417. The van der Waals surface area contributed by atoms with Gasteiger partial charge in [0.1, 0.15) is 6.04 Å². The molecular formula is C12H18N2O2. The van der Waals surface area contributed by atoms with Crippen molar-refractivity contribution < 1.29 is 9.90 Å². The minimum atomic E-state index is -0.835. The lowest BCUT2D eigenvalue weighted by molar-refractivity contribution is -0.123. The first-order valence-corrected chi connectivity index (χ1v) is 5.34. The van der Waals surface area contributed by atoms with E-state index in [4.69, 9.17) is 10.8 Å². The third kappa shape index (κ3) is 4.00. The summed E-state index contributed by atoms with van der Waals surface area (Å²) in [6, 6.07) is 9.07. The quantitative estimate of drug-likeness (QED) is 0.659. The maximum atomic E-state index is 11.4. The molecule has 4 N–H and O–H groups in total. The number of carbonyl (C=O) groups excluding carboxylic acids is 1. The van der Waals surface area contributed by atoms with E-state index in [9.17, 15) is 4.79 Å². The summed E-state index contributed by atoms with van der Waals surface area (Å²) < 4.78 is 0. The SMILES string of the molecule is C[C@@H](Cc1ccccc1)NC(=O)[C@@H](N)CO. The highest BCUT2D eigenvalue weighted by Gasteiger charge is 2.14. The number of carbonyl (C=O) groups is 1. The Kier molecular flexibility index (Phi) is 4.95. The van der Waals surface area contributed by atoms with E-state index in [1.54, 1.807) is 0 Å².